The highest BCUT2D eigenvalue weighted by Gasteiger charge is 2.45. The number of benzene rings is 2. The first kappa shape index (κ1) is 20.6. The van der Waals surface area contributed by atoms with Crippen molar-refractivity contribution in [3.05, 3.63) is 71.8 Å². The lowest BCUT2D eigenvalue weighted by Crippen LogP contribution is -2.45. The lowest BCUT2D eigenvalue weighted by Gasteiger charge is -2.33. The van der Waals surface area contributed by atoms with Gasteiger partial charge in [-0.25, -0.2) is 4.79 Å². The molecule has 0 radical (unpaired) electrons. The van der Waals surface area contributed by atoms with Crippen molar-refractivity contribution in [1.29, 1.82) is 0 Å². The summed E-state index contributed by atoms with van der Waals surface area (Å²) in [5.74, 6) is -0.933. The third-order valence-electron chi connectivity index (χ3n) is 4.21. The maximum absolute atomic E-state index is 13.3. The largest absolute Gasteiger partial charge is 0.450 e. The van der Waals surface area contributed by atoms with Gasteiger partial charge in [0, 0.05) is 13.2 Å². The van der Waals surface area contributed by atoms with E-state index in [1.165, 1.54) is 0 Å². The van der Waals surface area contributed by atoms with Gasteiger partial charge >= 0.3 is 5.97 Å². The van der Waals surface area contributed by atoms with Crippen molar-refractivity contribution in [2.24, 2.45) is 0 Å². The van der Waals surface area contributed by atoms with E-state index in [0.29, 0.717) is 24.3 Å². The SMILES string of the molecule is CCCNC(=O)[C@H](C)OC(=O)C(OCC)(c1ccccc1)c1ccccc1. The fourth-order valence-corrected chi connectivity index (χ4v) is 2.88. The molecule has 0 unspecified atom stereocenters. The van der Waals surface area contributed by atoms with Crippen LogP contribution in [-0.4, -0.2) is 31.1 Å². The molecule has 2 aromatic rings. The molecule has 0 aliphatic heterocycles. The van der Waals surface area contributed by atoms with Crippen molar-refractivity contribution < 1.29 is 19.1 Å². The van der Waals surface area contributed by atoms with E-state index in [1.54, 1.807) is 6.92 Å². The van der Waals surface area contributed by atoms with Crippen LogP contribution in [-0.2, 0) is 24.7 Å². The van der Waals surface area contributed by atoms with E-state index in [9.17, 15) is 9.59 Å². The van der Waals surface area contributed by atoms with Gasteiger partial charge in [0.25, 0.3) is 5.91 Å². The normalized spacial score (nSPS) is 12.3. The van der Waals surface area contributed by atoms with Crippen molar-refractivity contribution in [2.75, 3.05) is 13.2 Å². The van der Waals surface area contributed by atoms with Gasteiger partial charge in [0.1, 0.15) is 0 Å². The van der Waals surface area contributed by atoms with Crippen LogP contribution < -0.4 is 5.32 Å². The fraction of sp³-hybridized carbons (Fsp3) is 0.364. The lowest BCUT2D eigenvalue weighted by atomic mass is 9.86. The van der Waals surface area contributed by atoms with Crippen LogP contribution in [0.3, 0.4) is 0 Å². The molecule has 5 heteroatoms. The molecule has 0 aromatic heterocycles. The molecule has 0 fully saturated rings. The second-order valence-corrected chi connectivity index (χ2v) is 6.18. The van der Waals surface area contributed by atoms with Crippen LogP contribution in [0.5, 0.6) is 0 Å². The Morgan fingerprint density at radius 2 is 1.48 bits per heavy atom. The molecule has 0 heterocycles. The van der Waals surface area contributed by atoms with Crippen LogP contribution in [0.2, 0.25) is 0 Å². The second kappa shape index (κ2) is 9.88. The average molecular weight is 369 g/mol. The Morgan fingerprint density at radius 3 is 1.93 bits per heavy atom. The number of hydrogen-bond donors (Lipinski definition) is 1. The van der Waals surface area contributed by atoms with Gasteiger partial charge in [-0.05, 0) is 31.4 Å². The molecule has 5 nitrogen and oxygen atoms in total. The Kier molecular flexibility index (Phi) is 7.55. The standard InChI is InChI=1S/C22H27NO4/c1-4-16-23-20(24)17(3)27-21(25)22(26-5-2,18-12-8-6-9-13-18)19-14-10-7-11-15-19/h6-15,17H,4-5,16H2,1-3H3,(H,23,24)/t17-/m0/s1. The monoisotopic (exact) mass is 369 g/mol. The Morgan fingerprint density at radius 1 is 0.963 bits per heavy atom. The van der Waals surface area contributed by atoms with Crippen LogP contribution in [0.15, 0.2) is 60.7 Å². The molecule has 27 heavy (non-hydrogen) atoms. The number of hydrogen-bond acceptors (Lipinski definition) is 4. The number of amides is 1. The summed E-state index contributed by atoms with van der Waals surface area (Å²) < 4.78 is 11.6. The van der Waals surface area contributed by atoms with Gasteiger partial charge in [0.05, 0.1) is 0 Å². The fourth-order valence-electron chi connectivity index (χ4n) is 2.88. The molecule has 0 bridgehead atoms. The molecular weight excluding hydrogens is 342 g/mol. The maximum atomic E-state index is 13.3. The van der Waals surface area contributed by atoms with Crippen molar-refractivity contribution in [1.82, 2.24) is 5.32 Å². The molecule has 0 saturated carbocycles. The molecular formula is C22H27NO4. The molecule has 144 valence electrons. The number of esters is 1. The van der Waals surface area contributed by atoms with Crippen LogP contribution in [0, 0.1) is 0 Å². The molecule has 0 aliphatic carbocycles. The van der Waals surface area contributed by atoms with Crippen LogP contribution in [0.1, 0.15) is 38.3 Å². The summed E-state index contributed by atoms with van der Waals surface area (Å²) in [5.41, 5.74) is -0.121. The summed E-state index contributed by atoms with van der Waals surface area (Å²) >= 11 is 0. The third-order valence-corrected chi connectivity index (χ3v) is 4.21. The summed E-state index contributed by atoms with van der Waals surface area (Å²) in [6.07, 6.45) is -0.111. The van der Waals surface area contributed by atoms with Gasteiger partial charge in [0.15, 0.2) is 6.10 Å². The van der Waals surface area contributed by atoms with E-state index in [-0.39, 0.29) is 5.91 Å². The quantitative estimate of drug-likeness (QED) is 0.688. The highest BCUT2D eigenvalue weighted by Crippen LogP contribution is 2.35. The molecule has 0 aliphatic rings. The van der Waals surface area contributed by atoms with E-state index >= 15 is 0 Å². The topological polar surface area (TPSA) is 64.6 Å². The summed E-state index contributed by atoms with van der Waals surface area (Å²) in [4.78, 5) is 25.5. The van der Waals surface area contributed by atoms with Gasteiger partial charge in [-0.2, -0.15) is 0 Å². The van der Waals surface area contributed by atoms with Crippen molar-refractivity contribution in [2.45, 2.75) is 38.9 Å². The summed E-state index contributed by atoms with van der Waals surface area (Å²) in [6.45, 7) is 6.19. The van der Waals surface area contributed by atoms with E-state index < -0.39 is 17.7 Å². The van der Waals surface area contributed by atoms with Crippen LogP contribution in [0.25, 0.3) is 0 Å². The second-order valence-electron chi connectivity index (χ2n) is 6.18. The van der Waals surface area contributed by atoms with Crippen LogP contribution >= 0.6 is 0 Å². The first-order chi connectivity index (χ1) is 13.1. The highest BCUT2D eigenvalue weighted by atomic mass is 16.6. The third kappa shape index (κ3) is 4.74. The summed E-state index contributed by atoms with van der Waals surface area (Å²) in [5, 5.41) is 2.74. The van der Waals surface area contributed by atoms with Gasteiger partial charge in [-0.1, -0.05) is 67.6 Å². The number of carbonyl (C=O) groups excluding carboxylic acids is 2. The number of carbonyl (C=O) groups is 2. The molecule has 1 amide bonds. The van der Waals surface area contributed by atoms with Gasteiger partial charge in [0.2, 0.25) is 5.60 Å². The van der Waals surface area contributed by atoms with Gasteiger partial charge in [-0.15, -0.1) is 0 Å². The molecule has 2 aromatic carbocycles. The lowest BCUT2D eigenvalue weighted by molar-refractivity contribution is -0.175. The van der Waals surface area contributed by atoms with E-state index in [0.717, 1.165) is 6.42 Å². The Balaban J connectivity index is 2.43. The number of nitrogens with one attached hydrogen (secondary N) is 1. The molecule has 2 rings (SSSR count). The zero-order valence-corrected chi connectivity index (χ0v) is 16.1. The van der Waals surface area contributed by atoms with Gasteiger partial charge in [-0.3, -0.25) is 4.79 Å². The van der Waals surface area contributed by atoms with Crippen molar-refractivity contribution in [3.63, 3.8) is 0 Å². The minimum atomic E-state index is -1.43. The molecule has 0 saturated heterocycles. The first-order valence-electron chi connectivity index (χ1n) is 9.30. The van der Waals surface area contributed by atoms with Crippen molar-refractivity contribution in [3.8, 4) is 0 Å². The van der Waals surface area contributed by atoms with Gasteiger partial charge < -0.3 is 14.8 Å². The smallest absolute Gasteiger partial charge is 0.348 e. The Bertz CT molecular complexity index is 691. The number of rotatable bonds is 9. The predicted molar refractivity (Wildman–Crippen MR) is 104 cm³/mol. The summed E-state index contributed by atoms with van der Waals surface area (Å²) in [7, 11) is 0. The predicted octanol–water partition coefficient (Wildman–Crippen LogP) is 3.42. The zero-order chi connectivity index (χ0) is 19.7. The molecule has 1 N–H and O–H groups in total. The van der Waals surface area contributed by atoms with E-state index in [1.807, 2.05) is 74.5 Å². The van der Waals surface area contributed by atoms with Crippen molar-refractivity contribution >= 4 is 11.9 Å². The Labute approximate surface area is 160 Å². The minimum absolute atomic E-state index is 0.301. The van der Waals surface area contributed by atoms with E-state index in [4.69, 9.17) is 9.47 Å². The zero-order valence-electron chi connectivity index (χ0n) is 16.1. The maximum Gasteiger partial charge on any atom is 0.348 e. The van der Waals surface area contributed by atoms with E-state index in [2.05, 4.69) is 5.32 Å². The first-order valence-corrected chi connectivity index (χ1v) is 9.30. The average Bonchev–Trinajstić information content (AvgIpc) is 2.71. The van der Waals surface area contributed by atoms with Crippen LogP contribution in [0.4, 0.5) is 0 Å². The minimum Gasteiger partial charge on any atom is -0.450 e. The molecule has 1 atom stereocenters. The summed E-state index contributed by atoms with van der Waals surface area (Å²) in [6, 6.07) is 18.4. The Hall–Kier alpha value is -2.66. The number of ether oxygens (including phenoxy) is 2. The molecule has 0 spiro atoms. The highest BCUT2D eigenvalue weighted by molar-refractivity contribution is 5.89.